The molecule has 0 aromatic heterocycles. The van der Waals surface area contributed by atoms with Gasteiger partial charge in [-0.25, -0.2) is 0 Å². The summed E-state index contributed by atoms with van der Waals surface area (Å²) in [4.78, 5) is 6.20. The molecule has 0 heterocycles. The molecule has 13 heavy (non-hydrogen) atoms. The third-order valence-corrected chi connectivity index (χ3v) is 2.27. The molecule has 0 rings (SSSR count). The molecule has 1 N–H and O–H groups in total. The minimum absolute atomic E-state index is 0.700. The van der Waals surface area contributed by atoms with Crippen LogP contribution in [0.1, 0.15) is 19.8 Å². The molecule has 0 aliphatic rings. The summed E-state index contributed by atoms with van der Waals surface area (Å²) in [6, 6.07) is 0.700. The van der Waals surface area contributed by atoms with Crippen LogP contribution in [0.5, 0.6) is 0 Å². The van der Waals surface area contributed by atoms with Crippen molar-refractivity contribution in [3.63, 3.8) is 0 Å². The maximum absolute atomic E-state index is 3.91. The molecule has 1 unspecified atom stereocenters. The lowest BCUT2D eigenvalue weighted by Crippen LogP contribution is -2.31. The maximum atomic E-state index is 3.91. The monoisotopic (exact) mass is 185 g/mol. The summed E-state index contributed by atoms with van der Waals surface area (Å²) in [6.45, 7) is 4.20. The lowest BCUT2D eigenvalue weighted by Gasteiger charge is -2.22. The summed E-state index contributed by atoms with van der Waals surface area (Å²) in [5, 5.41) is 3.33. The van der Waals surface area contributed by atoms with Gasteiger partial charge in [0, 0.05) is 25.8 Å². The highest BCUT2D eigenvalue weighted by molar-refractivity contribution is 5.59. The molecule has 78 valence electrons. The van der Waals surface area contributed by atoms with Crippen molar-refractivity contribution < 1.29 is 0 Å². The van der Waals surface area contributed by atoms with Crippen molar-refractivity contribution in [2.24, 2.45) is 4.99 Å². The Balaban J connectivity index is 3.38. The molecule has 0 aromatic rings. The molecule has 0 aliphatic carbocycles. The highest BCUT2D eigenvalue weighted by atomic mass is 15.1. The van der Waals surface area contributed by atoms with E-state index in [0.717, 1.165) is 13.1 Å². The summed E-state index contributed by atoms with van der Waals surface area (Å²) < 4.78 is 0. The number of aliphatic imine (C=N–C) groups is 1. The molecule has 0 fully saturated rings. The fourth-order valence-electron chi connectivity index (χ4n) is 1.35. The number of nitrogens with one attached hydrogen (secondary N) is 1. The molecule has 3 nitrogen and oxygen atoms in total. The zero-order valence-electron chi connectivity index (χ0n) is 9.38. The number of rotatable bonds is 7. The first kappa shape index (κ1) is 12.6. The van der Waals surface area contributed by atoms with E-state index in [2.05, 4.69) is 36.2 Å². The summed E-state index contributed by atoms with van der Waals surface area (Å²) in [6.07, 6.45) is 4.33. The van der Waals surface area contributed by atoms with Crippen LogP contribution in [0, 0.1) is 0 Å². The summed E-state index contributed by atoms with van der Waals surface area (Å²) in [5.74, 6) is 0. The van der Waals surface area contributed by atoms with Crippen LogP contribution in [0.3, 0.4) is 0 Å². The van der Waals surface area contributed by atoms with E-state index in [0.29, 0.717) is 6.04 Å². The summed E-state index contributed by atoms with van der Waals surface area (Å²) >= 11 is 0. The average molecular weight is 185 g/mol. The smallest absolute Gasteiger partial charge is 0.0304 e. The molecule has 0 radical (unpaired) electrons. The molecule has 0 saturated carbocycles. The molecule has 3 heteroatoms. The molecule has 1 atom stereocenters. The van der Waals surface area contributed by atoms with E-state index in [1.807, 2.05) is 6.21 Å². The third-order valence-electron chi connectivity index (χ3n) is 2.27. The predicted octanol–water partition coefficient (Wildman–Crippen LogP) is 1.01. The second-order valence-electron chi connectivity index (χ2n) is 3.46. The number of nitrogens with zero attached hydrogens (tertiary/aromatic N) is 2. The minimum Gasteiger partial charge on any atom is -0.312 e. The molecule has 0 bridgehead atoms. The maximum Gasteiger partial charge on any atom is 0.0304 e. The SMILES string of the molecule is CCC(CCNCC=NC)N(C)C. The van der Waals surface area contributed by atoms with E-state index >= 15 is 0 Å². The van der Waals surface area contributed by atoms with Crippen molar-refractivity contribution >= 4 is 6.21 Å². The van der Waals surface area contributed by atoms with Crippen LogP contribution >= 0.6 is 0 Å². The Bertz CT molecular complexity index is 132. The molecule has 0 saturated heterocycles. The van der Waals surface area contributed by atoms with E-state index in [1.54, 1.807) is 7.05 Å². The Morgan fingerprint density at radius 2 is 2.15 bits per heavy atom. The van der Waals surface area contributed by atoms with Crippen LogP contribution < -0.4 is 5.32 Å². The van der Waals surface area contributed by atoms with Gasteiger partial charge in [-0.3, -0.25) is 4.99 Å². The minimum atomic E-state index is 0.700. The van der Waals surface area contributed by atoms with Gasteiger partial charge in [-0.2, -0.15) is 0 Å². The molecule has 0 amide bonds. The van der Waals surface area contributed by atoms with Crippen LogP contribution in [-0.2, 0) is 0 Å². The van der Waals surface area contributed by atoms with Gasteiger partial charge in [-0.1, -0.05) is 6.92 Å². The number of hydrogen-bond donors (Lipinski definition) is 1. The Hall–Kier alpha value is -0.410. The Labute approximate surface area is 82.2 Å². The van der Waals surface area contributed by atoms with Gasteiger partial charge in [0.05, 0.1) is 0 Å². The Morgan fingerprint density at radius 3 is 2.62 bits per heavy atom. The second-order valence-corrected chi connectivity index (χ2v) is 3.46. The van der Waals surface area contributed by atoms with Crippen molar-refractivity contribution in [1.29, 1.82) is 0 Å². The van der Waals surface area contributed by atoms with E-state index in [9.17, 15) is 0 Å². The van der Waals surface area contributed by atoms with Gasteiger partial charge in [0.1, 0.15) is 0 Å². The fraction of sp³-hybridized carbons (Fsp3) is 0.900. The van der Waals surface area contributed by atoms with E-state index in [4.69, 9.17) is 0 Å². The van der Waals surface area contributed by atoms with Crippen LogP contribution in [0.15, 0.2) is 4.99 Å². The molecule has 0 aliphatic heterocycles. The van der Waals surface area contributed by atoms with Crippen molar-refractivity contribution in [3.05, 3.63) is 0 Å². The van der Waals surface area contributed by atoms with Gasteiger partial charge in [-0.05, 0) is 33.5 Å². The largest absolute Gasteiger partial charge is 0.312 e. The van der Waals surface area contributed by atoms with E-state index in [-0.39, 0.29) is 0 Å². The normalized spacial score (nSPS) is 14.2. The lowest BCUT2D eigenvalue weighted by molar-refractivity contribution is 0.270. The van der Waals surface area contributed by atoms with Crippen molar-refractivity contribution in [2.75, 3.05) is 34.2 Å². The second kappa shape index (κ2) is 8.20. The van der Waals surface area contributed by atoms with Crippen LogP contribution in [-0.4, -0.2) is 51.4 Å². The zero-order valence-corrected chi connectivity index (χ0v) is 9.38. The van der Waals surface area contributed by atoms with Crippen molar-refractivity contribution in [3.8, 4) is 0 Å². The molecule has 0 spiro atoms. The van der Waals surface area contributed by atoms with E-state index < -0.39 is 0 Å². The first-order chi connectivity index (χ1) is 6.22. The van der Waals surface area contributed by atoms with Crippen molar-refractivity contribution in [1.82, 2.24) is 10.2 Å². The highest BCUT2D eigenvalue weighted by Crippen LogP contribution is 2.02. The summed E-state index contributed by atoms with van der Waals surface area (Å²) in [7, 11) is 6.08. The van der Waals surface area contributed by atoms with Crippen LogP contribution in [0.2, 0.25) is 0 Å². The third kappa shape index (κ3) is 6.72. The van der Waals surface area contributed by atoms with Gasteiger partial charge in [0.25, 0.3) is 0 Å². The van der Waals surface area contributed by atoms with Gasteiger partial charge < -0.3 is 10.2 Å². The lowest BCUT2D eigenvalue weighted by atomic mass is 10.1. The fourth-order valence-corrected chi connectivity index (χ4v) is 1.35. The highest BCUT2D eigenvalue weighted by Gasteiger charge is 2.06. The van der Waals surface area contributed by atoms with E-state index in [1.165, 1.54) is 12.8 Å². The molecular formula is C10H23N3. The molecular weight excluding hydrogens is 162 g/mol. The number of hydrogen-bond acceptors (Lipinski definition) is 3. The van der Waals surface area contributed by atoms with Gasteiger partial charge in [0.2, 0.25) is 0 Å². The Morgan fingerprint density at radius 1 is 1.46 bits per heavy atom. The van der Waals surface area contributed by atoms with Gasteiger partial charge >= 0.3 is 0 Å². The van der Waals surface area contributed by atoms with Crippen LogP contribution in [0.25, 0.3) is 0 Å². The first-order valence-electron chi connectivity index (χ1n) is 5.00. The van der Waals surface area contributed by atoms with Gasteiger partial charge in [0.15, 0.2) is 0 Å². The summed E-state index contributed by atoms with van der Waals surface area (Å²) in [5.41, 5.74) is 0. The quantitative estimate of drug-likeness (QED) is 0.473. The average Bonchev–Trinajstić information content (AvgIpc) is 2.10. The topological polar surface area (TPSA) is 27.6 Å². The van der Waals surface area contributed by atoms with Crippen LogP contribution in [0.4, 0.5) is 0 Å². The first-order valence-corrected chi connectivity index (χ1v) is 5.00. The Kier molecular flexibility index (Phi) is 7.94. The standard InChI is InChI=1S/C10H23N3/c1-5-10(13(3)4)6-7-12-9-8-11-2/h8,10,12H,5-7,9H2,1-4H3. The van der Waals surface area contributed by atoms with Gasteiger partial charge in [-0.15, -0.1) is 0 Å². The van der Waals surface area contributed by atoms with Crippen molar-refractivity contribution in [2.45, 2.75) is 25.8 Å². The predicted molar refractivity (Wildman–Crippen MR) is 59.7 cm³/mol. The molecule has 0 aromatic carbocycles. The zero-order chi connectivity index (χ0) is 10.1.